The first-order chi connectivity index (χ1) is 32.2. The van der Waals surface area contributed by atoms with Gasteiger partial charge in [-0.05, 0) is 138 Å². The monoisotopic (exact) mass is 828 g/mol. The lowest BCUT2D eigenvalue weighted by Gasteiger charge is -2.22. The van der Waals surface area contributed by atoms with Gasteiger partial charge in [-0.15, -0.1) is 0 Å². The van der Waals surface area contributed by atoms with Crippen molar-refractivity contribution in [3.8, 4) is 78.7 Å². The van der Waals surface area contributed by atoms with Crippen LogP contribution >= 0.6 is 0 Å². The molecule has 0 saturated carbocycles. The molecule has 2 heterocycles. The van der Waals surface area contributed by atoms with Gasteiger partial charge in [0.2, 0.25) is 0 Å². The van der Waals surface area contributed by atoms with Crippen LogP contribution in [0.3, 0.4) is 0 Å². The second kappa shape index (κ2) is 16.0. The molecule has 0 N–H and O–H groups in total. The highest BCUT2D eigenvalue weighted by molar-refractivity contribution is 6.22. The molecule has 0 bridgehead atoms. The third-order valence-electron chi connectivity index (χ3n) is 13.0. The number of rotatable bonds is 8. The lowest BCUT2D eigenvalue weighted by molar-refractivity contribution is 1.10. The standard InChI is InChI=1S/C63H44N2/c1-43-17-16-28-50(39-43)62-54-33-31-53(65-60(47-23-10-4-11-24-47)37-38-61(65)48-25-12-5-13-26-48)42-57(54)63(51-30-29-44-18-14-15-27-49(44)40-51)55-34-32-52(41-56(55)62)64-58(45-19-6-2-7-20-45)35-36-59(64)46-21-8-3-9-22-46/h2-42H,1H3. The Labute approximate surface area is 379 Å². The van der Waals surface area contributed by atoms with Crippen molar-refractivity contribution in [3.63, 3.8) is 0 Å². The van der Waals surface area contributed by atoms with Crippen molar-refractivity contribution in [2.45, 2.75) is 6.92 Å². The van der Waals surface area contributed by atoms with Gasteiger partial charge in [0, 0.05) is 11.4 Å². The van der Waals surface area contributed by atoms with Crippen LogP contribution in [0.2, 0.25) is 0 Å². The fraction of sp³-hybridized carbons (Fsp3) is 0.0159. The van der Waals surface area contributed by atoms with Crippen LogP contribution in [0.5, 0.6) is 0 Å². The Morgan fingerprint density at radius 1 is 0.246 bits per heavy atom. The highest BCUT2D eigenvalue weighted by Gasteiger charge is 2.22. The first kappa shape index (κ1) is 38.2. The highest BCUT2D eigenvalue weighted by Crippen LogP contribution is 2.47. The fourth-order valence-electron chi connectivity index (χ4n) is 10.0. The normalized spacial score (nSPS) is 11.5. The molecule has 306 valence electrons. The van der Waals surface area contributed by atoms with E-state index < -0.39 is 0 Å². The number of aryl methyl sites for hydroxylation is 1. The van der Waals surface area contributed by atoms with E-state index in [2.05, 4.69) is 265 Å². The second-order valence-electron chi connectivity index (χ2n) is 17.0. The van der Waals surface area contributed by atoms with Gasteiger partial charge in [-0.3, -0.25) is 0 Å². The minimum absolute atomic E-state index is 1.11. The summed E-state index contributed by atoms with van der Waals surface area (Å²) in [6, 6.07) is 91.1. The third-order valence-corrected chi connectivity index (χ3v) is 13.0. The maximum Gasteiger partial charge on any atom is 0.0535 e. The molecule has 0 unspecified atom stereocenters. The molecule has 12 rings (SSSR count). The van der Waals surface area contributed by atoms with Crippen LogP contribution in [0.1, 0.15) is 5.56 Å². The smallest absolute Gasteiger partial charge is 0.0535 e. The van der Waals surface area contributed by atoms with E-state index >= 15 is 0 Å². The maximum atomic E-state index is 2.44. The van der Waals surface area contributed by atoms with Gasteiger partial charge in [-0.1, -0.05) is 200 Å². The van der Waals surface area contributed by atoms with Crippen molar-refractivity contribution < 1.29 is 0 Å². The molecule has 2 heteroatoms. The average Bonchev–Trinajstić information content (AvgIpc) is 4.03. The van der Waals surface area contributed by atoms with Gasteiger partial charge in [-0.25, -0.2) is 0 Å². The predicted molar refractivity (Wildman–Crippen MR) is 275 cm³/mol. The van der Waals surface area contributed by atoms with Crippen molar-refractivity contribution in [3.05, 3.63) is 254 Å². The summed E-state index contributed by atoms with van der Waals surface area (Å²) >= 11 is 0. The zero-order valence-corrected chi connectivity index (χ0v) is 36.1. The second-order valence-corrected chi connectivity index (χ2v) is 17.0. The molecular formula is C63H44N2. The van der Waals surface area contributed by atoms with Crippen molar-refractivity contribution in [1.82, 2.24) is 9.13 Å². The van der Waals surface area contributed by atoms with E-state index in [-0.39, 0.29) is 0 Å². The van der Waals surface area contributed by atoms with E-state index in [1.54, 1.807) is 0 Å². The lowest BCUT2D eigenvalue weighted by atomic mass is 9.84. The van der Waals surface area contributed by atoms with Crippen molar-refractivity contribution in [2.24, 2.45) is 0 Å². The number of hydrogen-bond donors (Lipinski definition) is 0. The summed E-state index contributed by atoms with van der Waals surface area (Å²) in [4.78, 5) is 0. The average molecular weight is 829 g/mol. The molecule has 65 heavy (non-hydrogen) atoms. The van der Waals surface area contributed by atoms with E-state index in [1.165, 1.54) is 82.4 Å². The molecule has 2 aromatic heterocycles. The topological polar surface area (TPSA) is 9.86 Å². The molecule has 0 saturated heterocycles. The Kier molecular flexibility index (Phi) is 9.43. The van der Waals surface area contributed by atoms with Crippen LogP contribution in [0.15, 0.2) is 249 Å². The van der Waals surface area contributed by atoms with Crippen LogP contribution in [0.4, 0.5) is 0 Å². The molecule has 0 spiro atoms. The quantitative estimate of drug-likeness (QED) is 0.135. The van der Waals surface area contributed by atoms with E-state index in [0.717, 1.165) is 34.2 Å². The molecule has 0 aliphatic heterocycles. The molecule has 12 aromatic rings. The van der Waals surface area contributed by atoms with E-state index in [1.807, 2.05) is 0 Å². The maximum absolute atomic E-state index is 2.44. The van der Waals surface area contributed by atoms with Gasteiger partial charge in [0.05, 0.1) is 22.8 Å². The largest absolute Gasteiger partial charge is 0.309 e. The van der Waals surface area contributed by atoms with Crippen LogP contribution in [-0.2, 0) is 0 Å². The Bertz CT molecular complexity index is 3580. The summed E-state index contributed by atoms with van der Waals surface area (Å²) in [5.41, 5.74) is 17.6. The van der Waals surface area contributed by atoms with Crippen molar-refractivity contribution >= 4 is 32.3 Å². The summed E-state index contributed by atoms with van der Waals surface area (Å²) in [7, 11) is 0. The first-order valence-corrected chi connectivity index (χ1v) is 22.4. The van der Waals surface area contributed by atoms with Gasteiger partial charge in [0.1, 0.15) is 0 Å². The molecule has 0 atom stereocenters. The summed E-state index contributed by atoms with van der Waals surface area (Å²) in [6.45, 7) is 2.20. The minimum atomic E-state index is 1.11. The molecule has 10 aromatic carbocycles. The number of hydrogen-bond acceptors (Lipinski definition) is 0. The molecule has 0 aliphatic rings. The number of fused-ring (bicyclic) bond motifs is 3. The van der Waals surface area contributed by atoms with Crippen LogP contribution < -0.4 is 0 Å². The van der Waals surface area contributed by atoms with Gasteiger partial charge < -0.3 is 9.13 Å². The van der Waals surface area contributed by atoms with E-state index in [0.29, 0.717) is 0 Å². The van der Waals surface area contributed by atoms with Crippen molar-refractivity contribution in [1.29, 1.82) is 0 Å². The number of nitrogens with zero attached hydrogens (tertiary/aromatic N) is 2. The van der Waals surface area contributed by atoms with E-state index in [4.69, 9.17) is 0 Å². The summed E-state index contributed by atoms with van der Waals surface area (Å²) in [5.74, 6) is 0. The third kappa shape index (κ3) is 6.75. The predicted octanol–water partition coefficient (Wildman–Crippen LogP) is 17.0. The highest BCUT2D eigenvalue weighted by atomic mass is 15.0. The summed E-state index contributed by atoms with van der Waals surface area (Å²) < 4.78 is 4.88. The molecule has 2 nitrogen and oxygen atoms in total. The van der Waals surface area contributed by atoms with Gasteiger partial charge in [0.15, 0.2) is 0 Å². The zero-order valence-electron chi connectivity index (χ0n) is 36.1. The number of benzene rings is 10. The van der Waals surface area contributed by atoms with Gasteiger partial charge in [-0.2, -0.15) is 0 Å². The first-order valence-electron chi connectivity index (χ1n) is 22.4. The van der Waals surface area contributed by atoms with Crippen molar-refractivity contribution in [2.75, 3.05) is 0 Å². The molecule has 0 amide bonds. The van der Waals surface area contributed by atoms with Crippen LogP contribution in [0.25, 0.3) is 111 Å². The lowest BCUT2D eigenvalue weighted by Crippen LogP contribution is -2.02. The Hall–Kier alpha value is -8.46. The molecule has 0 radical (unpaired) electrons. The zero-order chi connectivity index (χ0) is 43.3. The molecule has 0 fully saturated rings. The van der Waals surface area contributed by atoms with Crippen LogP contribution in [-0.4, -0.2) is 9.13 Å². The SMILES string of the molecule is Cc1cccc(-c2c3ccc(-n4c(-c5ccccc5)ccc4-c4ccccc4)cc3c(-c3ccc4ccccc4c3)c3ccc(-n4c(-c5ccccc5)ccc4-c4ccccc4)cc23)c1. The van der Waals surface area contributed by atoms with Gasteiger partial charge in [0.25, 0.3) is 0 Å². The minimum Gasteiger partial charge on any atom is -0.309 e. The summed E-state index contributed by atoms with van der Waals surface area (Å²) in [5, 5.41) is 7.28. The molecule has 0 aliphatic carbocycles. The van der Waals surface area contributed by atoms with Crippen LogP contribution in [0, 0.1) is 6.92 Å². The molecular weight excluding hydrogens is 785 g/mol. The van der Waals surface area contributed by atoms with E-state index in [9.17, 15) is 0 Å². The fourth-order valence-corrected chi connectivity index (χ4v) is 10.0. The Balaban J connectivity index is 1.20. The number of aromatic nitrogens is 2. The summed E-state index contributed by atoms with van der Waals surface area (Å²) in [6.07, 6.45) is 0. The Morgan fingerprint density at radius 2 is 0.631 bits per heavy atom. The Morgan fingerprint density at radius 3 is 1.06 bits per heavy atom. The van der Waals surface area contributed by atoms with Gasteiger partial charge >= 0.3 is 0 Å².